The Hall–Kier alpha value is -3.16. The number of carbonyl (C=O) groups excluding carboxylic acids is 1. The molecule has 31 heavy (non-hydrogen) atoms. The molecule has 0 fully saturated rings. The molecule has 0 bridgehead atoms. The van der Waals surface area contributed by atoms with Crippen LogP contribution in [0.15, 0.2) is 51.7 Å². The lowest BCUT2D eigenvalue weighted by molar-refractivity contribution is 0.0971. The fraction of sp³-hybridized carbons (Fsp3) is 0.174. The number of thiazole rings is 1. The van der Waals surface area contributed by atoms with E-state index in [1.165, 1.54) is 23.3 Å². The molecule has 1 aliphatic rings. The number of hydrogen-bond acceptors (Lipinski definition) is 6. The molecule has 2 aromatic heterocycles. The minimum absolute atomic E-state index is 0.0150. The van der Waals surface area contributed by atoms with Crippen molar-refractivity contribution in [2.45, 2.75) is 19.9 Å². The number of aryl methyl sites for hydroxylation is 2. The lowest BCUT2D eigenvalue weighted by Gasteiger charge is -2.22. The van der Waals surface area contributed by atoms with E-state index in [0.29, 0.717) is 32.4 Å². The van der Waals surface area contributed by atoms with E-state index in [-0.39, 0.29) is 16.8 Å². The highest BCUT2D eigenvalue weighted by molar-refractivity contribution is 7.15. The van der Waals surface area contributed by atoms with Gasteiger partial charge in [0.25, 0.3) is 5.91 Å². The minimum atomic E-state index is -0.686. The van der Waals surface area contributed by atoms with Gasteiger partial charge in [-0.25, -0.2) is 4.98 Å². The van der Waals surface area contributed by atoms with Crippen molar-refractivity contribution in [1.29, 1.82) is 0 Å². The van der Waals surface area contributed by atoms with Crippen molar-refractivity contribution >= 4 is 44.9 Å². The Bertz CT molecular complexity index is 1410. The van der Waals surface area contributed by atoms with E-state index in [1.807, 2.05) is 19.9 Å². The molecule has 6 nitrogen and oxygen atoms in total. The number of ether oxygens (including phenoxy) is 1. The maximum atomic E-state index is 13.6. The van der Waals surface area contributed by atoms with Crippen molar-refractivity contribution in [2.75, 3.05) is 12.0 Å². The smallest absolute Gasteiger partial charge is 0.297 e. The molecule has 0 N–H and O–H groups in total. The Balaban J connectivity index is 1.82. The number of nitrogens with zero attached hydrogens (tertiary/aromatic N) is 2. The van der Waals surface area contributed by atoms with Gasteiger partial charge in [0.2, 0.25) is 5.76 Å². The first kappa shape index (κ1) is 19.8. The number of anilines is 1. The van der Waals surface area contributed by atoms with Crippen molar-refractivity contribution in [2.24, 2.45) is 0 Å². The third kappa shape index (κ3) is 3.04. The maximum Gasteiger partial charge on any atom is 0.297 e. The summed E-state index contributed by atoms with van der Waals surface area (Å²) in [6, 6.07) is 11.4. The van der Waals surface area contributed by atoms with Gasteiger partial charge in [-0.15, -0.1) is 11.3 Å². The number of halogens is 1. The van der Waals surface area contributed by atoms with Gasteiger partial charge in [0, 0.05) is 16.0 Å². The van der Waals surface area contributed by atoms with E-state index < -0.39 is 11.9 Å². The second-order valence-corrected chi connectivity index (χ2v) is 8.92. The molecule has 4 aromatic rings. The first-order valence-electron chi connectivity index (χ1n) is 9.57. The zero-order valence-electron chi connectivity index (χ0n) is 16.9. The fourth-order valence-corrected chi connectivity index (χ4v) is 4.96. The third-order valence-electron chi connectivity index (χ3n) is 5.47. The summed E-state index contributed by atoms with van der Waals surface area (Å²) in [7, 11) is 1.53. The van der Waals surface area contributed by atoms with Crippen LogP contribution in [0.2, 0.25) is 5.02 Å². The second-order valence-electron chi connectivity index (χ2n) is 7.31. The van der Waals surface area contributed by atoms with Crippen molar-refractivity contribution < 1.29 is 13.9 Å². The number of fused-ring (bicyclic) bond motifs is 2. The minimum Gasteiger partial charge on any atom is -0.497 e. The van der Waals surface area contributed by atoms with Gasteiger partial charge < -0.3 is 9.15 Å². The summed E-state index contributed by atoms with van der Waals surface area (Å²) in [4.78, 5) is 34.2. The summed E-state index contributed by atoms with van der Waals surface area (Å²) in [6.07, 6.45) is 0. The first-order valence-corrected chi connectivity index (χ1v) is 10.8. The molecule has 1 atom stereocenters. The van der Waals surface area contributed by atoms with E-state index in [0.717, 1.165) is 10.6 Å². The second kappa shape index (κ2) is 7.21. The predicted molar refractivity (Wildman–Crippen MR) is 121 cm³/mol. The summed E-state index contributed by atoms with van der Waals surface area (Å²) < 4.78 is 11.2. The van der Waals surface area contributed by atoms with Crippen molar-refractivity contribution in [3.63, 3.8) is 0 Å². The monoisotopic (exact) mass is 452 g/mol. The van der Waals surface area contributed by atoms with Gasteiger partial charge in [-0.2, -0.15) is 0 Å². The molecule has 2 aromatic carbocycles. The number of carbonyl (C=O) groups is 1. The number of rotatable bonds is 3. The van der Waals surface area contributed by atoms with Crippen LogP contribution in [-0.4, -0.2) is 18.0 Å². The Kier molecular flexibility index (Phi) is 4.60. The molecule has 156 valence electrons. The Morgan fingerprint density at radius 2 is 1.97 bits per heavy atom. The van der Waals surface area contributed by atoms with E-state index in [1.54, 1.807) is 36.4 Å². The van der Waals surface area contributed by atoms with Crippen LogP contribution in [-0.2, 0) is 0 Å². The highest BCUT2D eigenvalue weighted by atomic mass is 35.5. The molecule has 0 radical (unpaired) electrons. The van der Waals surface area contributed by atoms with Crippen molar-refractivity contribution in [3.05, 3.63) is 85.2 Å². The van der Waals surface area contributed by atoms with E-state index in [4.69, 9.17) is 20.8 Å². The SMILES string of the molecule is COc1ccc2c(=O)c3c(oc2c1)C(=O)N(c1nc(C)c(C)s1)C3c1cccc(Cl)c1. The molecular weight excluding hydrogens is 436 g/mol. The van der Waals surface area contributed by atoms with Gasteiger partial charge in [-0.1, -0.05) is 23.7 Å². The average Bonchev–Trinajstić information content (AvgIpc) is 3.24. The molecule has 1 aliphatic heterocycles. The van der Waals surface area contributed by atoms with Gasteiger partial charge in [-0.3, -0.25) is 14.5 Å². The summed E-state index contributed by atoms with van der Waals surface area (Å²) in [5, 5.41) is 1.41. The van der Waals surface area contributed by atoms with Crippen LogP contribution in [0.4, 0.5) is 5.13 Å². The third-order valence-corrected chi connectivity index (χ3v) is 6.77. The standard InChI is InChI=1S/C23H17ClN2O4S/c1-11-12(2)31-23(25-11)26-19(13-5-4-6-14(24)9-13)18-20(27)16-8-7-15(29-3)10-17(16)30-21(18)22(26)28/h4-10,19H,1-3H3. The van der Waals surface area contributed by atoms with Gasteiger partial charge in [-0.05, 0) is 43.7 Å². The Labute approximate surface area is 186 Å². The van der Waals surface area contributed by atoms with Crippen LogP contribution in [0.25, 0.3) is 11.0 Å². The summed E-state index contributed by atoms with van der Waals surface area (Å²) >= 11 is 7.65. The van der Waals surface area contributed by atoms with Gasteiger partial charge in [0.1, 0.15) is 11.3 Å². The topological polar surface area (TPSA) is 72.6 Å². The van der Waals surface area contributed by atoms with Crippen LogP contribution in [0.5, 0.6) is 5.75 Å². The molecule has 1 amide bonds. The molecular formula is C23H17ClN2O4S. The lowest BCUT2D eigenvalue weighted by atomic mass is 9.99. The molecule has 3 heterocycles. The zero-order chi connectivity index (χ0) is 21.9. The Morgan fingerprint density at radius 1 is 1.16 bits per heavy atom. The summed E-state index contributed by atoms with van der Waals surface area (Å²) in [5.41, 5.74) is 1.88. The molecule has 5 rings (SSSR count). The number of benzene rings is 2. The lowest BCUT2D eigenvalue weighted by Crippen LogP contribution is -2.29. The summed E-state index contributed by atoms with van der Waals surface area (Å²) in [6.45, 7) is 3.84. The first-order chi connectivity index (χ1) is 14.9. The fourth-order valence-electron chi connectivity index (χ4n) is 3.83. The number of methoxy groups -OCH3 is 1. The highest BCUT2D eigenvalue weighted by Gasteiger charge is 2.45. The van der Waals surface area contributed by atoms with Crippen molar-refractivity contribution in [3.8, 4) is 5.75 Å². The van der Waals surface area contributed by atoms with Crippen molar-refractivity contribution in [1.82, 2.24) is 4.98 Å². The van der Waals surface area contributed by atoms with Crippen LogP contribution >= 0.6 is 22.9 Å². The molecule has 0 saturated heterocycles. The molecule has 1 unspecified atom stereocenters. The number of hydrogen-bond donors (Lipinski definition) is 0. The Morgan fingerprint density at radius 3 is 2.65 bits per heavy atom. The largest absolute Gasteiger partial charge is 0.497 e. The van der Waals surface area contributed by atoms with E-state index >= 15 is 0 Å². The molecule has 0 aliphatic carbocycles. The van der Waals surface area contributed by atoms with Crippen LogP contribution in [0.3, 0.4) is 0 Å². The van der Waals surface area contributed by atoms with E-state index in [2.05, 4.69) is 4.98 Å². The number of amides is 1. The summed E-state index contributed by atoms with van der Waals surface area (Å²) in [5.74, 6) is 0.146. The highest BCUT2D eigenvalue weighted by Crippen LogP contribution is 2.43. The normalized spacial score (nSPS) is 15.5. The van der Waals surface area contributed by atoms with Gasteiger partial charge >= 0.3 is 0 Å². The predicted octanol–water partition coefficient (Wildman–Crippen LogP) is 5.28. The average molecular weight is 453 g/mol. The quantitative estimate of drug-likeness (QED) is 0.423. The molecule has 8 heteroatoms. The van der Waals surface area contributed by atoms with Gasteiger partial charge in [0.05, 0.1) is 29.8 Å². The van der Waals surface area contributed by atoms with E-state index in [9.17, 15) is 9.59 Å². The molecule has 0 saturated carbocycles. The number of aromatic nitrogens is 1. The van der Waals surface area contributed by atoms with Gasteiger partial charge in [0.15, 0.2) is 10.6 Å². The van der Waals surface area contributed by atoms with Crippen LogP contribution in [0.1, 0.15) is 38.3 Å². The van der Waals surface area contributed by atoms with Crippen LogP contribution in [0, 0.1) is 13.8 Å². The zero-order valence-corrected chi connectivity index (χ0v) is 18.5. The maximum absolute atomic E-state index is 13.6. The van der Waals surface area contributed by atoms with Crippen LogP contribution < -0.4 is 15.1 Å². The molecule has 0 spiro atoms.